The third-order valence-electron chi connectivity index (χ3n) is 4.22. The molecule has 0 spiro atoms. The molecule has 0 atom stereocenters. The van der Waals surface area contributed by atoms with Crippen LogP contribution < -0.4 is 14.8 Å². The Morgan fingerprint density at radius 1 is 1.14 bits per heavy atom. The number of thioether (sulfide) groups is 1. The molecule has 4 rings (SSSR count). The number of carbonyl (C=O) groups is 2. The van der Waals surface area contributed by atoms with Crippen molar-refractivity contribution in [3.05, 3.63) is 53.6 Å². The third-order valence-corrected chi connectivity index (χ3v) is 5.14. The highest BCUT2D eigenvalue weighted by Gasteiger charge is 2.14. The summed E-state index contributed by atoms with van der Waals surface area (Å²) in [6.07, 6.45) is 0. The molecule has 1 N–H and O–H groups in total. The van der Waals surface area contributed by atoms with Gasteiger partial charge in [0.2, 0.25) is 17.9 Å². The summed E-state index contributed by atoms with van der Waals surface area (Å²) in [5.74, 6) is 1.40. The van der Waals surface area contributed by atoms with E-state index in [4.69, 9.17) is 9.47 Å². The minimum absolute atomic E-state index is 0.0120. The van der Waals surface area contributed by atoms with Gasteiger partial charge in [-0.25, -0.2) is 0 Å². The predicted molar refractivity (Wildman–Crippen MR) is 104 cm³/mol. The number of hydrogen-bond donors (Lipinski definition) is 1. The molecular formula is C19H17N5O4S. The number of rotatable bonds is 7. The Kier molecular flexibility index (Phi) is 5.43. The van der Waals surface area contributed by atoms with E-state index in [-0.39, 0.29) is 24.2 Å². The topological polar surface area (TPSA) is 108 Å². The molecule has 9 nitrogen and oxygen atoms in total. The lowest BCUT2D eigenvalue weighted by atomic mass is 10.1. The Bertz CT molecular complexity index is 1050. The van der Waals surface area contributed by atoms with Crippen LogP contribution in [-0.2, 0) is 11.3 Å². The molecule has 0 unspecified atom stereocenters. The zero-order valence-corrected chi connectivity index (χ0v) is 16.3. The van der Waals surface area contributed by atoms with Crippen LogP contribution in [-0.4, -0.2) is 44.4 Å². The Morgan fingerprint density at radius 3 is 2.72 bits per heavy atom. The van der Waals surface area contributed by atoms with Gasteiger partial charge in [0.1, 0.15) is 0 Å². The van der Waals surface area contributed by atoms with E-state index < -0.39 is 0 Å². The summed E-state index contributed by atoms with van der Waals surface area (Å²) in [5.41, 5.74) is 2.24. The Morgan fingerprint density at radius 2 is 1.93 bits per heavy atom. The zero-order chi connectivity index (χ0) is 20.2. The van der Waals surface area contributed by atoms with Gasteiger partial charge in [-0.05, 0) is 59.3 Å². The van der Waals surface area contributed by atoms with Crippen molar-refractivity contribution < 1.29 is 19.1 Å². The number of tetrazole rings is 1. The molecular weight excluding hydrogens is 394 g/mol. The maximum atomic E-state index is 12.2. The van der Waals surface area contributed by atoms with Gasteiger partial charge >= 0.3 is 0 Å². The fraction of sp³-hybridized carbons (Fsp3) is 0.211. The first-order chi connectivity index (χ1) is 14.1. The van der Waals surface area contributed by atoms with Crippen LogP contribution in [0.15, 0.2) is 47.6 Å². The summed E-state index contributed by atoms with van der Waals surface area (Å²) in [6, 6.07) is 12.5. The van der Waals surface area contributed by atoms with E-state index in [1.54, 1.807) is 24.3 Å². The first kappa shape index (κ1) is 18.9. The zero-order valence-electron chi connectivity index (χ0n) is 15.5. The second-order valence-corrected chi connectivity index (χ2v) is 7.17. The van der Waals surface area contributed by atoms with Crippen molar-refractivity contribution in [3.63, 3.8) is 0 Å². The molecule has 1 aromatic heterocycles. The molecule has 0 saturated heterocycles. The van der Waals surface area contributed by atoms with Crippen molar-refractivity contribution in [2.45, 2.75) is 18.6 Å². The molecule has 0 bridgehead atoms. The number of benzene rings is 2. The van der Waals surface area contributed by atoms with Crippen LogP contribution in [0.25, 0.3) is 5.69 Å². The maximum Gasteiger partial charge on any atom is 0.231 e. The van der Waals surface area contributed by atoms with E-state index in [0.29, 0.717) is 34.5 Å². The standard InChI is InChI=1S/C19H17N5O4S/c1-12(25)14-3-5-15(6-4-14)24-19(21-22-23-24)29-10-18(26)20-9-13-2-7-16-17(8-13)28-11-27-16/h2-8H,9-11H2,1H3,(H,20,26). The van der Waals surface area contributed by atoms with Crippen molar-refractivity contribution in [1.29, 1.82) is 0 Å². The fourth-order valence-corrected chi connectivity index (χ4v) is 3.42. The SMILES string of the molecule is CC(=O)c1ccc(-n2nnnc2SCC(=O)NCc2ccc3c(c2)OCO3)cc1. The van der Waals surface area contributed by atoms with Gasteiger partial charge in [0, 0.05) is 12.1 Å². The van der Waals surface area contributed by atoms with Crippen LogP contribution in [0.4, 0.5) is 0 Å². The lowest BCUT2D eigenvalue weighted by Crippen LogP contribution is -2.24. The summed E-state index contributed by atoms with van der Waals surface area (Å²) >= 11 is 1.23. The number of carbonyl (C=O) groups excluding carboxylic acids is 2. The van der Waals surface area contributed by atoms with E-state index in [1.807, 2.05) is 18.2 Å². The summed E-state index contributed by atoms with van der Waals surface area (Å²) in [4.78, 5) is 23.6. The van der Waals surface area contributed by atoms with Gasteiger partial charge in [0.05, 0.1) is 11.4 Å². The summed E-state index contributed by atoms with van der Waals surface area (Å²) < 4.78 is 12.1. The highest BCUT2D eigenvalue weighted by atomic mass is 32.2. The average molecular weight is 411 g/mol. The van der Waals surface area contributed by atoms with Crippen molar-refractivity contribution in [2.24, 2.45) is 0 Å². The summed E-state index contributed by atoms with van der Waals surface area (Å²) in [6.45, 7) is 2.11. The molecule has 1 amide bonds. The molecule has 10 heteroatoms. The number of Topliss-reactive ketones (excluding diaryl/α,β-unsaturated/α-hetero) is 1. The minimum Gasteiger partial charge on any atom is -0.454 e. The van der Waals surface area contributed by atoms with E-state index in [2.05, 4.69) is 20.8 Å². The number of fused-ring (bicyclic) bond motifs is 1. The first-order valence-electron chi connectivity index (χ1n) is 8.78. The van der Waals surface area contributed by atoms with Crippen molar-refractivity contribution in [2.75, 3.05) is 12.5 Å². The number of hydrogen-bond acceptors (Lipinski definition) is 8. The van der Waals surface area contributed by atoms with Gasteiger partial charge in [0.25, 0.3) is 0 Å². The van der Waals surface area contributed by atoms with Crippen molar-refractivity contribution in [3.8, 4) is 17.2 Å². The van der Waals surface area contributed by atoms with Crippen LogP contribution in [0.5, 0.6) is 11.5 Å². The molecule has 2 aromatic carbocycles. The van der Waals surface area contributed by atoms with Gasteiger partial charge in [-0.2, -0.15) is 4.68 Å². The van der Waals surface area contributed by atoms with Gasteiger partial charge < -0.3 is 14.8 Å². The second-order valence-electron chi connectivity index (χ2n) is 6.23. The number of amides is 1. The van der Waals surface area contributed by atoms with Gasteiger partial charge in [-0.15, -0.1) is 5.10 Å². The molecule has 0 saturated carbocycles. The molecule has 0 fully saturated rings. The van der Waals surface area contributed by atoms with Crippen LogP contribution in [0.3, 0.4) is 0 Å². The molecule has 1 aliphatic rings. The molecule has 0 aliphatic carbocycles. The lowest BCUT2D eigenvalue weighted by Gasteiger charge is -2.07. The summed E-state index contributed by atoms with van der Waals surface area (Å²) in [5, 5.41) is 14.9. The fourth-order valence-electron chi connectivity index (χ4n) is 2.70. The molecule has 3 aromatic rings. The normalized spacial score (nSPS) is 12.0. The number of nitrogens with zero attached hydrogens (tertiary/aromatic N) is 4. The third kappa shape index (κ3) is 4.37. The predicted octanol–water partition coefficient (Wildman–Crippen LogP) is 2.00. The molecule has 1 aliphatic heterocycles. The molecule has 29 heavy (non-hydrogen) atoms. The first-order valence-corrected chi connectivity index (χ1v) is 9.76. The van der Waals surface area contributed by atoms with E-state index >= 15 is 0 Å². The second kappa shape index (κ2) is 8.31. The van der Waals surface area contributed by atoms with Crippen molar-refractivity contribution >= 4 is 23.5 Å². The highest BCUT2D eigenvalue weighted by molar-refractivity contribution is 7.99. The Balaban J connectivity index is 1.33. The summed E-state index contributed by atoms with van der Waals surface area (Å²) in [7, 11) is 0. The van der Waals surface area contributed by atoms with Crippen LogP contribution in [0, 0.1) is 0 Å². The number of aromatic nitrogens is 4. The van der Waals surface area contributed by atoms with E-state index in [0.717, 1.165) is 5.56 Å². The largest absolute Gasteiger partial charge is 0.454 e. The van der Waals surface area contributed by atoms with Gasteiger partial charge in [-0.1, -0.05) is 17.8 Å². The van der Waals surface area contributed by atoms with Gasteiger partial charge in [-0.3, -0.25) is 9.59 Å². The average Bonchev–Trinajstić information content (AvgIpc) is 3.39. The Labute approximate surface area is 170 Å². The number of ketones is 1. The minimum atomic E-state index is -0.144. The highest BCUT2D eigenvalue weighted by Crippen LogP contribution is 2.32. The monoisotopic (exact) mass is 411 g/mol. The van der Waals surface area contributed by atoms with E-state index in [9.17, 15) is 9.59 Å². The Hall–Kier alpha value is -3.40. The quantitative estimate of drug-likeness (QED) is 0.465. The lowest BCUT2D eigenvalue weighted by molar-refractivity contribution is -0.118. The van der Waals surface area contributed by atoms with E-state index in [1.165, 1.54) is 23.4 Å². The molecule has 2 heterocycles. The smallest absolute Gasteiger partial charge is 0.231 e. The van der Waals surface area contributed by atoms with Crippen LogP contribution in [0.2, 0.25) is 0 Å². The molecule has 148 valence electrons. The van der Waals surface area contributed by atoms with Gasteiger partial charge in [0.15, 0.2) is 17.3 Å². The van der Waals surface area contributed by atoms with Crippen molar-refractivity contribution in [1.82, 2.24) is 25.5 Å². The number of ether oxygens (including phenoxy) is 2. The number of nitrogens with one attached hydrogen (secondary N) is 1. The van der Waals surface area contributed by atoms with Crippen LogP contribution >= 0.6 is 11.8 Å². The molecule has 0 radical (unpaired) electrons. The maximum absolute atomic E-state index is 12.2. The van der Waals surface area contributed by atoms with Crippen LogP contribution in [0.1, 0.15) is 22.8 Å².